The van der Waals surface area contributed by atoms with Gasteiger partial charge in [-0.05, 0) is 31.5 Å². The lowest BCUT2D eigenvalue weighted by molar-refractivity contribution is -0.163. The molecule has 7 nitrogen and oxygen atoms in total. The molecule has 3 aliphatic rings. The minimum absolute atomic E-state index is 0.109. The number of carbonyl (C=O) groups is 2. The summed E-state index contributed by atoms with van der Waals surface area (Å²) in [6, 6.07) is 6.93. The van der Waals surface area contributed by atoms with Gasteiger partial charge in [0.1, 0.15) is 0 Å². The van der Waals surface area contributed by atoms with Crippen molar-refractivity contribution in [3.8, 4) is 17.6 Å². The van der Waals surface area contributed by atoms with Crippen LogP contribution in [0, 0.1) is 16.7 Å². The number of thiol groups is 2. The van der Waals surface area contributed by atoms with Crippen molar-refractivity contribution in [1.82, 2.24) is 9.80 Å². The largest absolute Gasteiger partial charge is 0.454 e. The Hall–Kier alpha value is -2.05. The fraction of sp³-hybridized carbons (Fsp3) is 0.500. The third kappa shape index (κ3) is 2.23. The van der Waals surface area contributed by atoms with Gasteiger partial charge in [0, 0.05) is 13.5 Å². The Labute approximate surface area is 168 Å². The first-order valence-electron chi connectivity index (χ1n) is 8.44. The number of amides is 2. The van der Waals surface area contributed by atoms with Crippen LogP contribution in [0.2, 0.25) is 0 Å². The minimum Gasteiger partial charge on any atom is -0.454 e. The number of nitrogens with zero attached hydrogens (tertiary/aromatic N) is 3. The molecule has 3 heterocycles. The Morgan fingerprint density at radius 1 is 1.19 bits per heavy atom. The molecule has 27 heavy (non-hydrogen) atoms. The molecule has 9 heteroatoms. The van der Waals surface area contributed by atoms with Gasteiger partial charge in [0.2, 0.25) is 6.79 Å². The van der Waals surface area contributed by atoms with E-state index in [0.717, 1.165) is 0 Å². The van der Waals surface area contributed by atoms with E-state index in [1.807, 2.05) is 0 Å². The topological polar surface area (TPSA) is 82.9 Å². The second-order valence-corrected chi connectivity index (χ2v) is 9.21. The van der Waals surface area contributed by atoms with E-state index in [-0.39, 0.29) is 25.0 Å². The van der Waals surface area contributed by atoms with Gasteiger partial charge in [-0.2, -0.15) is 5.26 Å². The molecule has 2 fully saturated rings. The molecule has 4 rings (SSSR count). The van der Waals surface area contributed by atoms with Crippen LogP contribution in [0.4, 0.5) is 0 Å². The van der Waals surface area contributed by atoms with Crippen LogP contribution >= 0.6 is 25.3 Å². The molecule has 142 valence electrons. The van der Waals surface area contributed by atoms with Crippen LogP contribution in [0.25, 0.3) is 0 Å². The van der Waals surface area contributed by atoms with Crippen molar-refractivity contribution < 1.29 is 19.1 Å². The highest BCUT2D eigenvalue weighted by molar-refractivity contribution is 7.83. The van der Waals surface area contributed by atoms with E-state index in [2.05, 4.69) is 31.3 Å². The van der Waals surface area contributed by atoms with Gasteiger partial charge in [-0.25, -0.2) is 0 Å². The molecule has 0 bridgehead atoms. The number of hydrogen-bond acceptors (Lipinski definition) is 7. The third-order valence-electron chi connectivity index (χ3n) is 5.77. The lowest BCUT2D eigenvalue weighted by Crippen LogP contribution is -2.69. The standard InChI is InChI=1S/C18H19N3O4S2/c1-16(8-19)7-18(27)15(23)20(3)17(2,26)14(22)21(18)13(16)10-4-5-11-12(6-10)25-9-24-11/h4-6,13,26-27H,7,9H2,1-3H3/t13-,16+,17-,18?/m0/s1. The molecule has 3 aliphatic heterocycles. The Bertz CT molecular complexity index is 914. The first-order valence-corrected chi connectivity index (χ1v) is 9.33. The number of fused-ring (bicyclic) bond motifs is 2. The third-order valence-corrected chi connectivity index (χ3v) is 6.82. The maximum atomic E-state index is 13.4. The maximum Gasteiger partial charge on any atom is 0.260 e. The number of carbonyl (C=O) groups excluding carboxylic acids is 2. The summed E-state index contributed by atoms with van der Waals surface area (Å²) in [4.78, 5) is 26.4. The smallest absolute Gasteiger partial charge is 0.260 e. The van der Waals surface area contributed by atoms with Gasteiger partial charge < -0.3 is 19.3 Å². The first-order chi connectivity index (χ1) is 12.6. The van der Waals surface area contributed by atoms with E-state index in [1.54, 1.807) is 32.0 Å². The molecule has 2 saturated heterocycles. The maximum absolute atomic E-state index is 13.4. The summed E-state index contributed by atoms with van der Waals surface area (Å²) >= 11 is 9.07. The fourth-order valence-corrected chi connectivity index (χ4v) is 5.08. The summed E-state index contributed by atoms with van der Waals surface area (Å²) in [6.07, 6.45) is 0.109. The van der Waals surface area contributed by atoms with Crippen LogP contribution in [0.3, 0.4) is 0 Å². The van der Waals surface area contributed by atoms with Crippen molar-refractivity contribution in [1.29, 1.82) is 5.26 Å². The highest BCUT2D eigenvalue weighted by Crippen LogP contribution is 2.59. The molecular formula is C18H19N3O4S2. The molecule has 0 saturated carbocycles. The van der Waals surface area contributed by atoms with E-state index < -0.39 is 21.2 Å². The summed E-state index contributed by atoms with van der Waals surface area (Å²) in [5.74, 6) is 0.426. The van der Waals surface area contributed by atoms with E-state index in [4.69, 9.17) is 9.47 Å². The average Bonchev–Trinajstić information content (AvgIpc) is 3.19. The monoisotopic (exact) mass is 405 g/mol. The SMILES string of the molecule is CN1C(=O)C2(S)C[C@](C)(C#N)[C@H](c3ccc4c(c3)OCO4)N2C(=O)[C@]1(C)S. The summed E-state index contributed by atoms with van der Waals surface area (Å²) in [5, 5.41) is 9.96. The Kier molecular flexibility index (Phi) is 3.72. The van der Waals surface area contributed by atoms with Crippen molar-refractivity contribution in [3.63, 3.8) is 0 Å². The van der Waals surface area contributed by atoms with Gasteiger partial charge in [-0.15, -0.1) is 25.3 Å². The van der Waals surface area contributed by atoms with Gasteiger partial charge in [0.25, 0.3) is 11.8 Å². The predicted octanol–water partition coefficient (Wildman–Crippen LogP) is 1.96. The summed E-state index contributed by atoms with van der Waals surface area (Å²) in [7, 11) is 1.53. The predicted molar refractivity (Wildman–Crippen MR) is 102 cm³/mol. The number of hydrogen-bond donors (Lipinski definition) is 2. The van der Waals surface area contributed by atoms with E-state index in [9.17, 15) is 14.9 Å². The van der Waals surface area contributed by atoms with Crippen molar-refractivity contribution in [2.75, 3.05) is 13.8 Å². The molecule has 1 aromatic carbocycles. The minimum atomic E-state index is -1.42. The van der Waals surface area contributed by atoms with Crippen molar-refractivity contribution >= 4 is 37.1 Å². The molecule has 0 N–H and O–H groups in total. The van der Waals surface area contributed by atoms with Crippen LogP contribution < -0.4 is 9.47 Å². The summed E-state index contributed by atoms with van der Waals surface area (Å²) in [5.41, 5.74) is -0.329. The number of nitriles is 1. The molecule has 0 aromatic heterocycles. The Morgan fingerprint density at radius 2 is 1.85 bits per heavy atom. The van der Waals surface area contributed by atoms with Gasteiger partial charge in [0.15, 0.2) is 21.2 Å². The van der Waals surface area contributed by atoms with E-state index in [0.29, 0.717) is 17.1 Å². The number of ether oxygens (including phenoxy) is 2. The molecule has 1 aromatic rings. The van der Waals surface area contributed by atoms with Gasteiger partial charge in [-0.3, -0.25) is 9.59 Å². The lowest BCUT2D eigenvalue weighted by atomic mass is 9.79. The molecular weight excluding hydrogens is 386 g/mol. The van der Waals surface area contributed by atoms with Crippen molar-refractivity contribution in [2.24, 2.45) is 5.41 Å². The fourth-order valence-electron chi connectivity index (χ4n) is 4.20. The van der Waals surface area contributed by atoms with Gasteiger partial charge in [-0.1, -0.05) is 6.07 Å². The molecule has 2 amide bonds. The van der Waals surface area contributed by atoms with Gasteiger partial charge >= 0.3 is 0 Å². The number of likely N-dealkylation sites (N-methyl/N-ethyl adjacent to an activating group) is 1. The Morgan fingerprint density at radius 3 is 2.52 bits per heavy atom. The van der Waals surface area contributed by atoms with E-state index in [1.165, 1.54) is 16.8 Å². The van der Waals surface area contributed by atoms with Crippen LogP contribution in [-0.4, -0.2) is 45.2 Å². The van der Waals surface area contributed by atoms with Crippen molar-refractivity contribution in [2.45, 2.75) is 36.1 Å². The second-order valence-electron chi connectivity index (χ2n) is 7.60. The zero-order chi connectivity index (χ0) is 19.8. The number of rotatable bonds is 1. The molecule has 0 spiro atoms. The lowest BCUT2D eigenvalue weighted by Gasteiger charge is -2.50. The molecule has 4 atom stereocenters. The summed E-state index contributed by atoms with van der Waals surface area (Å²) < 4.78 is 10.8. The molecule has 1 unspecified atom stereocenters. The highest BCUT2D eigenvalue weighted by atomic mass is 32.1. The van der Waals surface area contributed by atoms with Crippen LogP contribution in [-0.2, 0) is 9.59 Å². The molecule has 0 aliphatic carbocycles. The van der Waals surface area contributed by atoms with Crippen LogP contribution in [0.15, 0.2) is 18.2 Å². The zero-order valence-corrected chi connectivity index (χ0v) is 16.9. The normalized spacial score (nSPS) is 37.4. The zero-order valence-electron chi connectivity index (χ0n) is 15.1. The highest BCUT2D eigenvalue weighted by Gasteiger charge is 2.68. The van der Waals surface area contributed by atoms with Gasteiger partial charge in [0.05, 0.1) is 17.5 Å². The molecule has 0 radical (unpaired) electrons. The van der Waals surface area contributed by atoms with Crippen LogP contribution in [0.5, 0.6) is 11.5 Å². The van der Waals surface area contributed by atoms with Crippen molar-refractivity contribution in [3.05, 3.63) is 23.8 Å². The quantitative estimate of drug-likeness (QED) is 0.698. The summed E-state index contributed by atoms with van der Waals surface area (Å²) in [6.45, 7) is 3.44. The number of piperazine rings is 1. The van der Waals surface area contributed by atoms with E-state index >= 15 is 0 Å². The second kappa shape index (κ2) is 5.49. The average molecular weight is 406 g/mol. The number of benzene rings is 1. The Balaban J connectivity index is 1.91. The first kappa shape index (κ1) is 18.3. The van der Waals surface area contributed by atoms with Crippen LogP contribution in [0.1, 0.15) is 31.9 Å².